The summed E-state index contributed by atoms with van der Waals surface area (Å²) in [5, 5.41) is 5.36. The third-order valence-electron chi connectivity index (χ3n) is 6.01. The van der Waals surface area contributed by atoms with Gasteiger partial charge in [-0.1, -0.05) is 36.4 Å². The lowest BCUT2D eigenvalue weighted by Crippen LogP contribution is -2.54. The number of thiophene rings is 1. The molecule has 0 bridgehead atoms. The van der Waals surface area contributed by atoms with Crippen molar-refractivity contribution in [3.63, 3.8) is 0 Å². The summed E-state index contributed by atoms with van der Waals surface area (Å²) in [5.74, 6) is -0.907. The van der Waals surface area contributed by atoms with Crippen molar-refractivity contribution in [1.29, 1.82) is 0 Å². The van der Waals surface area contributed by atoms with Crippen LogP contribution in [0.2, 0.25) is 0 Å². The maximum atomic E-state index is 12.9. The molecular weight excluding hydrogens is 442 g/mol. The quantitative estimate of drug-likeness (QED) is 0.598. The monoisotopic (exact) mass is 469 g/mol. The van der Waals surface area contributed by atoms with Crippen LogP contribution in [0.3, 0.4) is 0 Å². The summed E-state index contributed by atoms with van der Waals surface area (Å²) in [6.45, 7) is 3.83. The normalized spacial score (nSPS) is 21.2. The van der Waals surface area contributed by atoms with Crippen LogP contribution in [0.25, 0.3) is 0 Å². The number of carbonyl (C=O) groups is 4. The average Bonchev–Trinajstić information content (AvgIpc) is 3.42. The van der Waals surface area contributed by atoms with Crippen molar-refractivity contribution in [2.24, 2.45) is 0 Å². The van der Waals surface area contributed by atoms with Gasteiger partial charge in [0.2, 0.25) is 0 Å². The first-order valence-corrected chi connectivity index (χ1v) is 11.8. The van der Waals surface area contributed by atoms with Crippen molar-refractivity contribution in [3.8, 4) is 0 Å². The highest BCUT2D eigenvalue weighted by Crippen LogP contribution is 2.22. The number of amides is 5. The number of nitrogens with zero attached hydrogens (tertiary/aromatic N) is 3. The molecule has 0 unspecified atom stereocenters. The van der Waals surface area contributed by atoms with E-state index < -0.39 is 23.4 Å². The smallest absolute Gasteiger partial charge is 0.335 e. The highest BCUT2D eigenvalue weighted by atomic mass is 32.1. The zero-order chi connectivity index (χ0) is 23.4. The molecule has 1 aromatic carbocycles. The summed E-state index contributed by atoms with van der Waals surface area (Å²) >= 11 is 1.41. The van der Waals surface area contributed by atoms with Crippen LogP contribution < -0.4 is 10.7 Å². The molecule has 10 heteroatoms. The first kappa shape index (κ1) is 22.9. The van der Waals surface area contributed by atoms with Gasteiger partial charge in [-0.15, -0.1) is 11.3 Å². The summed E-state index contributed by atoms with van der Waals surface area (Å²) in [7, 11) is 0. The molecule has 4 rings (SSSR count). The van der Waals surface area contributed by atoms with E-state index in [2.05, 4.69) is 10.7 Å². The topological polar surface area (TPSA) is 102 Å². The summed E-state index contributed by atoms with van der Waals surface area (Å²) in [5.41, 5.74) is 2.44. The Labute approximate surface area is 196 Å². The fourth-order valence-corrected chi connectivity index (χ4v) is 4.71. The number of hydrazine groups is 1. The molecule has 33 heavy (non-hydrogen) atoms. The van der Waals surface area contributed by atoms with Crippen LogP contribution in [0, 0.1) is 0 Å². The zero-order valence-electron chi connectivity index (χ0n) is 18.5. The van der Waals surface area contributed by atoms with Gasteiger partial charge in [-0.25, -0.2) is 4.79 Å². The number of imide groups is 1. The number of aryl methyl sites for hydroxylation is 1. The Kier molecular flexibility index (Phi) is 6.75. The van der Waals surface area contributed by atoms with Crippen LogP contribution in [0.4, 0.5) is 4.79 Å². The molecule has 2 saturated heterocycles. The molecule has 174 valence electrons. The lowest BCUT2D eigenvalue weighted by Gasteiger charge is -2.34. The Hall–Kier alpha value is -3.24. The summed E-state index contributed by atoms with van der Waals surface area (Å²) in [6.07, 6.45) is 1.05. The highest BCUT2D eigenvalue weighted by molar-refractivity contribution is 7.12. The number of nitrogens with one attached hydrogen (secondary N) is 2. The molecule has 0 saturated carbocycles. The Morgan fingerprint density at radius 3 is 2.45 bits per heavy atom. The van der Waals surface area contributed by atoms with E-state index in [-0.39, 0.29) is 12.5 Å². The van der Waals surface area contributed by atoms with Gasteiger partial charge in [-0.05, 0) is 36.8 Å². The van der Waals surface area contributed by atoms with E-state index in [0.29, 0.717) is 43.9 Å². The van der Waals surface area contributed by atoms with E-state index in [1.807, 2.05) is 46.7 Å². The van der Waals surface area contributed by atoms with Gasteiger partial charge in [-0.2, -0.15) is 5.01 Å². The van der Waals surface area contributed by atoms with Gasteiger partial charge in [0.15, 0.2) is 0 Å². The second kappa shape index (κ2) is 9.72. The molecule has 1 atom stereocenters. The number of carbonyl (C=O) groups excluding carboxylic acids is 4. The number of piperazine rings is 1. The third kappa shape index (κ3) is 5.23. The molecule has 2 aliphatic rings. The first-order chi connectivity index (χ1) is 15.9. The van der Waals surface area contributed by atoms with E-state index in [1.165, 1.54) is 11.3 Å². The van der Waals surface area contributed by atoms with Gasteiger partial charge in [0.1, 0.15) is 5.54 Å². The predicted molar refractivity (Wildman–Crippen MR) is 123 cm³/mol. The SMILES string of the molecule is C[C@@]1(CCc2ccccc2)NC(=O)N(NC(=O)CN2CCN(C(=O)c3cccs3)CC2)C1=O. The summed E-state index contributed by atoms with van der Waals surface area (Å²) in [4.78, 5) is 54.7. The van der Waals surface area contributed by atoms with Crippen molar-refractivity contribution in [3.05, 3.63) is 58.3 Å². The maximum Gasteiger partial charge on any atom is 0.344 e. The molecule has 0 aliphatic carbocycles. The van der Waals surface area contributed by atoms with Gasteiger partial charge in [0, 0.05) is 26.2 Å². The molecule has 1 aromatic heterocycles. The minimum atomic E-state index is -1.08. The molecule has 0 spiro atoms. The van der Waals surface area contributed by atoms with Crippen molar-refractivity contribution in [2.45, 2.75) is 25.3 Å². The number of rotatable bonds is 7. The van der Waals surface area contributed by atoms with Crippen LogP contribution in [0.5, 0.6) is 0 Å². The van der Waals surface area contributed by atoms with Crippen LogP contribution in [0.15, 0.2) is 47.8 Å². The third-order valence-corrected chi connectivity index (χ3v) is 6.87. The second-order valence-electron chi connectivity index (χ2n) is 8.47. The molecular formula is C23H27N5O4S. The molecule has 2 aliphatic heterocycles. The zero-order valence-corrected chi connectivity index (χ0v) is 19.3. The van der Waals surface area contributed by atoms with E-state index in [4.69, 9.17) is 0 Å². The van der Waals surface area contributed by atoms with Crippen LogP contribution in [-0.4, -0.2) is 76.8 Å². The van der Waals surface area contributed by atoms with Crippen molar-refractivity contribution < 1.29 is 19.2 Å². The predicted octanol–water partition coefficient (Wildman–Crippen LogP) is 1.48. The van der Waals surface area contributed by atoms with Crippen LogP contribution in [-0.2, 0) is 16.0 Å². The molecule has 2 aromatic rings. The second-order valence-corrected chi connectivity index (χ2v) is 9.42. The van der Waals surface area contributed by atoms with Crippen LogP contribution in [0.1, 0.15) is 28.6 Å². The Bertz CT molecular complexity index is 1020. The number of benzene rings is 1. The fourth-order valence-electron chi connectivity index (χ4n) is 4.02. The van der Waals surface area contributed by atoms with E-state index >= 15 is 0 Å². The average molecular weight is 470 g/mol. The standard InChI is InChI=1S/C23H27N5O4S/c1-23(10-9-17-6-3-2-4-7-17)21(31)28(22(32)24-23)25-19(29)16-26-11-13-27(14-12-26)20(30)18-8-5-15-33-18/h2-8,15H,9-14,16H2,1H3,(H,24,32)(H,25,29)/t23-/m0/s1. The number of urea groups is 1. The van der Waals surface area contributed by atoms with E-state index in [9.17, 15) is 19.2 Å². The minimum Gasteiger partial charge on any atom is -0.335 e. The van der Waals surface area contributed by atoms with Crippen molar-refractivity contribution in [2.75, 3.05) is 32.7 Å². The Morgan fingerprint density at radius 1 is 1.06 bits per heavy atom. The van der Waals surface area contributed by atoms with Gasteiger partial charge < -0.3 is 10.2 Å². The molecule has 3 heterocycles. The van der Waals surface area contributed by atoms with Gasteiger partial charge in [0.05, 0.1) is 11.4 Å². The molecule has 2 fully saturated rings. The molecule has 9 nitrogen and oxygen atoms in total. The fraction of sp³-hybridized carbons (Fsp3) is 0.391. The van der Waals surface area contributed by atoms with Crippen molar-refractivity contribution in [1.82, 2.24) is 25.6 Å². The Balaban J connectivity index is 1.26. The molecule has 5 amide bonds. The van der Waals surface area contributed by atoms with Crippen LogP contribution >= 0.6 is 11.3 Å². The molecule has 0 radical (unpaired) electrons. The maximum absolute atomic E-state index is 12.9. The largest absolute Gasteiger partial charge is 0.344 e. The van der Waals surface area contributed by atoms with Gasteiger partial charge >= 0.3 is 6.03 Å². The Morgan fingerprint density at radius 2 is 1.79 bits per heavy atom. The number of hydrogen-bond donors (Lipinski definition) is 2. The number of hydrogen-bond acceptors (Lipinski definition) is 6. The van der Waals surface area contributed by atoms with Crippen molar-refractivity contribution >= 4 is 35.1 Å². The lowest BCUT2D eigenvalue weighted by molar-refractivity contribution is -0.139. The first-order valence-electron chi connectivity index (χ1n) is 10.9. The summed E-state index contributed by atoms with van der Waals surface area (Å²) < 4.78 is 0. The summed E-state index contributed by atoms with van der Waals surface area (Å²) in [6, 6.07) is 12.7. The lowest BCUT2D eigenvalue weighted by atomic mass is 9.93. The van der Waals surface area contributed by atoms with E-state index in [0.717, 1.165) is 10.6 Å². The highest BCUT2D eigenvalue weighted by Gasteiger charge is 2.48. The van der Waals surface area contributed by atoms with Gasteiger partial charge in [0.25, 0.3) is 17.7 Å². The van der Waals surface area contributed by atoms with E-state index in [1.54, 1.807) is 17.9 Å². The van der Waals surface area contributed by atoms with Gasteiger partial charge in [-0.3, -0.25) is 24.7 Å². The minimum absolute atomic E-state index is 0.00299. The molecule has 2 N–H and O–H groups in total.